The van der Waals surface area contributed by atoms with Crippen LogP contribution in [-0.4, -0.2) is 15.2 Å². The van der Waals surface area contributed by atoms with Crippen molar-refractivity contribution in [3.05, 3.63) is 86.3 Å². The molecule has 1 aliphatic rings. The maximum Gasteiger partial charge on any atom is 0.270 e. The number of amides is 1. The highest BCUT2D eigenvalue weighted by Gasteiger charge is 2.32. The van der Waals surface area contributed by atoms with Crippen LogP contribution < -0.4 is 4.90 Å². The highest BCUT2D eigenvalue weighted by Crippen LogP contribution is 2.35. The van der Waals surface area contributed by atoms with Gasteiger partial charge in [0.2, 0.25) is 0 Å². The van der Waals surface area contributed by atoms with Crippen LogP contribution >= 0.6 is 35.6 Å². The van der Waals surface area contributed by atoms with E-state index in [1.165, 1.54) is 28.8 Å². The Kier molecular flexibility index (Phi) is 5.51. The summed E-state index contributed by atoms with van der Waals surface area (Å²) < 4.78 is 0.437. The standard InChI is InChI=1S/C18H11ClN2O3S2/c19-13-4-2-5-15(11-13)20-17(22)16(26-18(20)25)6-1-3-12-7-9-14(10-8-12)21(23)24/h1-11H/b3-1+,16-6+. The molecule has 1 aliphatic heterocycles. The zero-order valence-electron chi connectivity index (χ0n) is 13.2. The molecule has 26 heavy (non-hydrogen) atoms. The molecule has 2 aromatic rings. The number of carbonyl (C=O) groups excluding carboxylic acids is 1. The van der Waals surface area contributed by atoms with Crippen molar-refractivity contribution in [1.82, 2.24) is 0 Å². The van der Waals surface area contributed by atoms with Gasteiger partial charge in [0.1, 0.15) is 0 Å². The molecule has 1 amide bonds. The lowest BCUT2D eigenvalue weighted by Crippen LogP contribution is -2.27. The smallest absolute Gasteiger partial charge is 0.268 e. The monoisotopic (exact) mass is 402 g/mol. The van der Waals surface area contributed by atoms with E-state index in [1.54, 1.807) is 54.6 Å². The third-order valence-corrected chi connectivity index (χ3v) is 5.06. The van der Waals surface area contributed by atoms with Crippen LogP contribution in [0, 0.1) is 10.1 Å². The van der Waals surface area contributed by atoms with Crippen molar-refractivity contribution in [1.29, 1.82) is 0 Å². The minimum Gasteiger partial charge on any atom is -0.268 e. The molecule has 130 valence electrons. The third kappa shape index (κ3) is 4.01. The molecular weight excluding hydrogens is 392 g/mol. The van der Waals surface area contributed by atoms with Crippen molar-refractivity contribution < 1.29 is 9.72 Å². The lowest BCUT2D eigenvalue weighted by atomic mass is 10.2. The summed E-state index contributed by atoms with van der Waals surface area (Å²) in [5, 5.41) is 11.2. The van der Waals surface area contributed by atoms with E-state index in [0.29, 0.717) is 19.9 Å². The number of non-ortho nitro benzene ring substituents is 1. The molecule has 2 aromatic carbocycles. The molecule has 0 radical (unpaired) electrons. The van der Waals surface area contributed by atoms with Gasteiger partial charge in [-0.15, -0.1) is 0 Å². The SMILES string of the molecule is O=C1/C(=C\C=C\c2ccc([N+](=O)[O-])cc2)SC(=S)N1c1cccc(Cl)c1. The van der Waals surface area contributed by atoms with Gasteiger partial charge in [0.05, 0.1) is 15.5 Å². The molecule has 5 nitrogen and oxygen atoms in total. The Morgan fingerprint density at radius 2 is 1.92 bits per heavy atom. The molecule has 0 unspecified atom stereocenters. The Hall–Kier alpha value is -2.48. The number of carbonyl (C=O) groups is 1. The van der Waals surface area contributed by atoms with Crippen LogP contribution in [0.1, 0.15) is 5.56 Å². The van der Waals surface area contributed by atoms with E-state index in [-0.39, 0.29) is 11.6 Å². The number of hydrogen-bond donors (Lipinski definition) is 0. The van der Waals surface area contributed by atoms with E-state index in [9.17, 15) is 14.9 Å². The van der Waals surface area contributed by atoms with Crippen molar-refractivity contribution in [2.45, 2.75) is 0 Å². The predicted molar refractivity (Wildman–Crippen MR) is 109 cm³/mol. The van der Waals surface area contributed by atoms with Gasteiger partial charge < -0.3 is 0 Å². The Balaban J connectivity index is 1.76. The quantitative estimate of drug-likeness (QED) is 0.304. The van der Waals surface area contributed by atoms with Crippen LogP contribution in [0.2, 0.25) is 5.02 Å². The van der Waals surface area contributed by atoms with Gasteiger partial charge in [-0.25, -0.2) is 0 Å². The molecule has 0 aromatic heterocycles. The Morgan fingerprint density at radius 1 is 1.19 bits per heavy atom. The first-order valence-electron chi connectivity index (χ1n) is 7.40. The summed E-state index contributed by atoms with van der Waals surface area (Å²) in [4.78, 5) is 24.7. The molecule has 0 atom stereocenters. The number of rotatable bonds is 4. The molecule has 1 heterocycles. The van der Waals surface area contributed by atoms with Crippen LogP contribution in [0.25, 0.3) is 6.08 Å². The van der Waals surface area contributed by atoms with Crippen LogP contribution in [0.15, 0.2) is 65.6 Å². The minimum absolute atomic E-state index is 0.0320. The maximum absolute atomic E-state index is 12.6. The molecule has 0 N–H and O–H groups in total. The largest absolute Gasteiger partial charge is 0.270 e. The second-order valence-corrected chi connectivity index (χ2v) is 7.34. The number of hydrogen-bond acceptors (Lipinski definition) is 5. The lowest BCUT2D eigenvalue weighted by molar-refractivity contribution is -0.384. The summed E-state index contributed by atoms with van der Waals surface area (Å²) >= 11 is 12.5. The topological polar surface area (TPSA) is 63.4 Å². The number of nitrogens with zero attached hydrogens (tertiary/aromatic N) is 2. The van der Waals surface area contributed by atoms with Crippen LogP contribution in [0.3, 0.4) is 0 Å². The minimum atomic E-state index is -0.450. The fourth-order valence-electron chi connectivity index (χ4n) is 2.27. The second-order valence-electron chi connectivity index (χ2n) is 5.23. The van der Waals surface area contributed by atoms with Gasteiger partial charge >= 0.3 is 0 Å². The van der Waals surface area contributed by atoms with Gasteiger partial charge in [0.15, 0.2) is 4.32 Å². The summed E-state index contributed by atoms with van der Waals surface area (Å²) in [7, 11) is 0. The number of thioether (sulfide) groups is 1. The third-order valence-electron chi connectivity index (χ3n) is 3.50. The molecular formula is C18H11ClN2O3S2. The fourth-order valence-corrected chi connectivity index (χ4v) is 3.71. The van der Waals surface area contributed by atoms with Crippen molar-refractivity contribution in [2.24, 2.45) is 0 Å². The first-order valence-corrected chi connectivity index (χ1v) is 9.00. The summed E-state index contributed by atoms with van der Waals surface area (Å²) in [5.74, 6) is -0.212. The number of nitro benzene ring substituents is 1. The van der Waals surface area contributed by atoms with Gasteiger partial charge in [0, 0.05) is 17.2 Å². The number of halogens is 1. The molecule has 3 rings (SSSR count). The van der Waals surface area contributed by atoms with E-state index in [0.717, 1.165) is 5.56 Å². The summed E-state index contributed by atoms with van der Waals surface area (Å²) in [5.41, 5.74) is 1.45. The number of anilines is 1. The highest BCUT2D eigenvalue weighted by molar-refractivity contribution is 8.27. The number of thiocarbonyl (C=S) groups is 1. The summed E-state index contributed by atoms with van der Waals surface area (Å²) in [6, 6.07) is 13.1. The van der Waals surface area contributed by atoms with E-state index < -0.39 is 4.92 Å². The fraction of sp³-hybridized carbons (Fsp3) is 0. The first kappa shape index (κ1) is 18.3. The van der Waals surface area contributed by atoms with E-state index in [2.05, 4.69) is 0 Å². The van der Waals surface area contributed by atoms with Crippen molar-refractivity contribution in [3.63, 3.8) is 0 Å². The number of nitro groups is 1. The van der Waals surface area contributed by atoms with Gasteiger partial charge in [-0.1, -0.05) is 53.8 Å². The van der Waals surface area contributed by atoms with Crippen molar-refractivity contribution in [2.75, 3.05) is 4.90 Å². The molecule has 8 heteroatoms. The van der Waals surface area contributed by atoms with Crippen molar-refractivity contribution >= 4 is 63.3 Å². The second kappa shape index (κ2) is 7.82. The van der Waals surface area contributed by atoms with Gasteiger partial charge in [-0.05, 0) is 42.0 Å². The molecule has 1 fully saturated rings. The zero-order valence-corrected chi connectivity index (χ0v) is 15.6. The van der Waals surface area contributed by atoms with E-state index >= 15 is 0 Å². The number of allylic oxidation sites excluding steroid dienone is 2. The Bertz CT molecular complexity index is 955. The Morgan fingerprint density at radius 3 is 2.58 bits per heavy atom. The van der Waals surface area contributed by atoms with Crippen molar-refractivity contribution in [3.8, 4) is 0 Å². The zero-order chi connectivity index (χ0) is 18.7. The van der Waals surface area contributed by atoms with E-state index in [1.807, 2.05) is 0 Å². The lowest BCUT2D eigenvalue weighted by Gasteiger charge is -2.14. The van der Waals surface area contributed by atoms with Gasteiger partial charge in [-0.2, -0.15) is 0 Å². The van der Waals surface area contributed by atoms with Crippen LogP contribution in [0.4, 0.5) is 11.4 Å². The van der Waals surface area contributed by atoms with Crippen LogP contribution in [-0.2, 0) is 4.79 Å². The summed E-state index contributed by atoms with van der Waals surface area (Å²) in [6.07, 6.45) is 5.15. The normalized spacial score (nSPS) is 16.0. The highest BCUT2D eigenvalue weighted by atomic mass is 35.5. The maximum atomic E-state index is 12.6. The molecule has 1 saturated heterocycles. The first-order chi connectivity index (χ1) is 12.5. The molecule has 0 spiro atoms. The average Bonchev–Trinajstić information content (AvgIpc) is 2.89. The Labute approximate surface area is 164 Å². The van der Waals surface area contributed by atoms with E-state index in [4.69, 9.17) is 23.8 Å². The average molecular weight is 403 g/mol. The molecule has 0 bridgehead atoms. The van der Waals surface area contributed by atoms with Gasteiger partial charge in [-0.3, -0.25) is 19.8 Å². The summed E-state index contributed by atoms with van der Waals surface area (Å²) in [6.45, 7) is 0. The predicted octanol–water partition coefficient (Wildman–Crippen LogP) is 5.21. The van der Waals surface area contributed by atoms with Crippen LogP contribution in [0.5, 0.6) is 0 Å². The number of benzene rings is 2. The van der Waals surface area contributed by atoms with Gasteiger partial charge in [0.25, 0.3) is 11.6 Å². The molecule has 0 saturated carbocycles. The molecule has 0 aliphatic carbocycles.